The fraction of sp³-hybridized carbons (Fsp3) is 0.227. The molecule has 1 saturated heterocycles. The standard InChI is InChI=1S/C22H15Cl3N2O3/c23-12-3-5-14(15(24)8-12)20(28)26-17-6-4-13(9-16(17)25)27-21(29)18-10-1-2-11(7-10)19(18)22(27)30/h1-6,8-11,18-19H,7H2,(H,26,28)/t10-,11-,18-,19+/m0/s1. The number of nitrogens with one attached hydrogen (secondary N) is 1. The topological polar surface area (TPSA) is 66.5 Å². The van der Waals surface area contributed by atoms with Crippen molar-refractivity contribution in [1.29, 1.82) is 0 Å². The average Bonchev–Trinajstić information content (AvgIpc) is 3.37. The van der Waals surface area contributed by atoms with Crippen LogP contribution in [0.5, 0.6) is 0 Å². The molecule has 1 heterocycles. The third kappa shape index (κ3) is 2.96. The van der Waals surface area contributed by atoms with Crippen LogP contribution in [-0.2, 0) is 9.59 Å². The number of amides is 3. The Bertz CT molecular complexity index is 1120. The minimum Gasteiger partial charge on any atom is -0.321 e. The van der Waals surface area contributed by atoms with Crippen molar-refractivity contribution < 1.29 is 14.4 Å². The van der Waals surface area contributed by atoms with E-state index in [2.05, 4.69) is 5.32 Å². The molecule has 0 spiro atoms. The van der Waals surface area contributed by atoms with Crippen molar-refractivity contribution in [3.05, 3.63) is 69.2 Å². The molecule has 4 atom stereocenters. The number of fused-ring (bicyclic) bond motifs is 5. The number of rotatable bonds is 3. The van der Waals surface area contributed by atoms with Crippen molar-refractivity contribution in [2.75, 3.05) is 10.2 Å². The highest BCUT2D eigenvalue weighted by Gasteiger charge is 2.59. The van der Waals surface area contributed by atoms with Gasteiger partial charge in [0, 0.05) is 5.02 Å². The molecule has 0 unspecified atom stereocenters. The predicted molar refractivity (Wildman–Crippen MR) is 116 cm³/mol. The number of anilines is 2. The van der Waals surface area contributed by atoms with Crippen LogP contribution in [0.2, 0.25) is 15.1 Å². The molecule has 2 aromatic carbocycles. The first-order chi connectivity index (χ1) is 14.3. The Morgan fingerprint density at radius 1 is 0.900 bits per heavy atom. The highest BCUT2D eigenvalue weighted by atomic mass is 35.5. The molecular formula is C22H15Cl3N2O3. The second-order valence-corrected chi connectivity index (χ2v) is 9.01. The van der Waals surface area contributed by atoms with Gasteiger partial charge in [0.1, 0.15) is 0 Å². The number of halogens is 3. The SMILES string of the molecule is O=C(Nc1ccc(N2C(=O)[C@@H]3[C@H](C2=O)[C@H]2C=C[C@H]3C2)cc1Cl)c1ccc(Cl)cc1Cl. The van der Waals surface area contributed by atoms with E-state index in [0.29, 0.717) is 16.4 Å². The lowest BCUT2D eigenvalue weighted by molar-refractivity contribution is -0.123. The van der Waals surface area contributed by atoms with E-state index in [9.17, 15) is 14.4 Å². The molecule has 8 heteroatoms. The Morgan fingerprint density at radius 3 is 2.17 bits per heavy atom. The highest BCUT2D eigenvalue weighted by molar-refractivity contribution is 6.38. The first-order valence-electron chi connectivity index (χ1n) is 9.47. The van der Waals surface area contributed by atoms with Crippen LogP contribution in [0.1, 0.15) is 16.8 Å². The Hall–Kier alpha value is -2.34. The molecule has 1 N–H and O–H groups in total. The van der Waals surface area contributed by atoms with E-state index in [0.717, 1.165) is 6.42 Å². The van der Waals surface area contributed by atoms with Gasteiger partial charge in [-0.25, -0.2) is 4.90 Å². The molecule has 2 aliphatic carbocycles. The van der Waals surface area contributed by atoms with Gasteiger partial charge in [0.2, 0.25) is 11.8 Å². The van der Waals surface area contributed by atoms with E-state index in [1.807, 2.05) is 12.2 Å². The van der Waals surface area contributed by atoms with Gasteiger partial charge in [-0.3, -0.25) is 14.4 Å². The lowest BCUT2D eigenvalue weighted by Crippen LogP contribution is -2.32. The van der Waals surface area contributed by atoms with Crippen LogP contribution in [0.15, 0.2) is 48.6 Å². The number of nitrogens with zero attached hydrogens (tertiary/aromatic N) is 1. The number of imide groups is 1. The van der Waals surface area contributed by atoms with E-state index in [-0.39, 0.29) is 51.1 Å². The lowest BCUT2D eigenvalue weighted by atomic mass is 9.85. The molecule has 1 saturated carbocycles. The van der Waals surface area contributed by atoms with Gasteiger partial charge in [-0.15, -0.1) is 0 Å². The van der Waals surface area contributed by atoms with Crippen LogP contribution < -0.4 is 10.2 Å². The van der Waals surface area contributed by atoms with Gasteiger partial charge >= 0.3 is 0 Å². The molecule has 3 aliphatic rings. The number of hydrogen-bond donors (Lipinski definition) is 1. The maximum Gasteiger partial charge on any atom is 0.257 e. The molecule has 5 nitrogen and oxygen atoms in total. The summed E-state index contributed by atoms with van der Waals surface area (Å²) in [6.07, 6.45) is 4.97. The van der Waals surface area contributed by atoms with Crippen LogP contribution in [-0.4, -0.2) is 17.7 Å². The second-order valence-electron chi connectivity index (χ2n) is 7.75. The van der Waals surface area contributed by atoms with Crippen LogP contribution in [0, 0.1) is 23.7 Å². The van der Waals surface area contributed by atoms with Gasteiger partial charge in [0.05, 0.1) is 38.8 Å². The third-order valence-electron chi connectivity index (χ3n) is 6.11. The zero-order valence-electron chi connectivity index (χ0n) is 15.4. The summed E-state index contributed by atoms with van der Waals surface area (Å²) in [7, 11) is 0. The normalized spacial score (nSPS) is 26.4. The van der Waals surface area contributed by atoms with E-state index < -0.39 is 5.91 Å². The molecule has 1 aliphatic heterocycles. The van der Waals surface area contributed by atoms with Crippen molar-refractivity contribution in [3.63, 3.8) is 0 Å². The Morgan fingerprint density at radius 2 is 1.57 bits per heavy atom. The average molecular weight is 462 g/mol. The molecule has 0 radical (unpaired) electrons. The summed E-state index contributed by atoms with van der Waals surface area (Å²) in [5.41, 5.74) is 1.01. The van der Waals surface area contributed by atoms with Crippen LogP contribution >= 0.6 is 34.8 Å². The largest absolute Gasteiger partial charge is 0.321 e. The van der Waals surface area contributed by atoms with Gasteiger partial charge in [-0.05, 0) is 54.7 Å². The molecular weight excluding hydrogens is 447 g/mol. The van der Waals surface area contributed by atoms with E-state index >= 15 is 0 Å². The van der Waals surface area contributed by atoms with Crippen molar-refractivity contribution in [2.45, 2.75) is 6.42 Å². The van der Waals surface area contributed by atoms with Crippen molar-refractivity contribution in [2.24, 2.45) is 23.7 Å². The quantitative estimate of drug-likeness (QED) is 0.504. The number of allylic oxidation sites excluding steroid dienone is 2. The van der Waals surface area contributed by atoms with Crippen molar-refractivity contribution >= 4 is 63.9 Å². The van der Waals surface area contributed by atoms with Crippen LogP contribution in [0.25, 0.3) is 0 Å². The van der Waals surface area contributed by atoms with Gasteiger partial charge in [0.15, 0.2) is 0 Å². The third-order valence-corrected chi connectivity index (χ3v) is 6.97. The lowest BCUT2D eigenvalue weighted by Gasteiger charge is -2.18. The Balaban J connectivity index is 1.38. The number of carbonyl (C=O) groups excluding carboxylic acids is 3. The summed E-state index contributed by atoms with van der Waals surface area (Å²) >= 11 is 18.3. The minimum atomic E-state index is -0.447. The summed E-state index contributed by atoms with van der Waals surface area (Å²) in [6, 6.07) is 9.26. The summed E-state index contributed by atoms with van der Waals surface area (Å²) in [5, 5.41) is 3.55. The van der Waals surface area contributed by atoms with E-state index in [4.69, 9.17) is 34.8 Å². The molecule has 2 bridgehead atoms. The monoisotopic (exact) mass is 460 g/mol. The second kappa shape index (κ2) is 7.12. The summed E-state index contributed by atoms with van der Waals surface area (Å²) in [4.78, 5) is 39.7. The smallest absolute Gasteiger partial charge is 0.257 e. The fourth-order valence-corrected chi connectivity index (χ4v) is 5.48. The maximum atomic E-state index is 12.9. The van der Waals surface area contributed by atoms with E-state index in [1.165, 1.54) is 23.1 Å². The first kappa shape index (κ1) is 19.6. The van der Waals surface area contributed by atoms with Crippen LogP contribution in [0.3, 0.4) is 0 Å². The Kier molecular flexibility index (Phi) is 4.65. The molecule has 0 aromatic heterocycles. The first-order valence-corrected chi connectivity index (χ1v) is 10.6. The Labute approximate surface area is 187 Å². The molecule has 152 valence electrons. The molecule has 30 heavy (non-hydrogen) atoms. The highest BCUT2D eigenvalue weighted by Crippen LogP contribution is 2.53. The number of carbonyl (C=O) groups is 3. The van der Waals surface area contributed by atoms with Gasteiger partial charge < -0.3 is 5.32 Å². The zero-order valence-corrected chi connectivity index (χ0v) is 17.7. The summed E-state index contributed by atoms with van der Waals surface area (Å²) in [6.45, 7) is 0. The number of hydrogen-bond acceptors (Lipinski definition) is 3. The maximum absolute atomic E-state index is 12.9. The predicted octanol–water partition coefficient (Wildman–Crippen LogP) is 5.21. The number of benzene rings is 2. The van der Waals surface area contributed by atoms with Gasteiger partial charge in [-0.2, -0.15) is 0 Å². The van der Waals surface area contributed by atoms with Gasteiger partial charge in [0.25, 0.3) is 5.91 Å². The van der Waals surface area contributed by atoms with E-state index in [1.54, 1.807) is 18.2 Å². The molecule has 2 fully saturated rings. The molecule has 2 aromatic rings. The molecule has 5 rings (SSSR count). The fourth-order valence-electron chi connectivity index (χ4n) is 4.76. The zero-order chi connectivity index (χ0) is 21.2. The van der Waals surface area contributed by atoms with Gasteiger partial charge in [-0.1, -0.05) is 47.0 Å². The minimum absolute atomic E-state index is 0.139. The van der Waals surface area contributed by atoms with Crippen molar-refractivity contribution in [1.82, 2.24) is 0 Å². The summed E-state index contributed by atoms with van der Waals surface area (Å²) < 4.78 is 0. The van der Waals surface area contributed by atoms with Crippen LogP contribution in [0.4, 0.5) is 11.4 Å². The van der Waals surface area contributed by atoms with Crippen molar-refractivity contribution in [3.8, 4) is 0 Å². The summed E-state index contributed by atoms with van der Waals surface area (Å²) in [5.74, 6) is -1.09. The molecule has 3 amide bonds.